The molecule has 0 bridgehead atoms. The van der Waals surface area contributed by atoms with Gasteiger partial charge < -0.3 is 19.7 Å². The fourth-order valence-electron chi connectivity index (χ4n) is 3.22. The predicted octanol–water partition coefficient (Wildman–Crippen LogP) is 2.99. The van der Waals surface area contributed by atoms with E-state index >= 15 is 0 Å². The van der Waals surface area contributed by atoms with Crippen molar-refractivity contribution in [2.45, 2.75) is 33.2 Å². The number of hydrogen-bond donors (Lipinski definition) is 1. The molecule has 0 aromatic heterocycles. The normalized spacial score (nSPS) is 15.8. The predicted molar refractivity (Wildman–Crippen MR) is 109 cm³/mol. The van der Waals surface area contributed by atoms with Crippen LogP contribution in [-0.4, -0.2) is 37.0 Å². The minimum Gasteiger partial charge on any atom is -0.482 e. The van der Waals surface area contributed by atoms with E-state index in [9.17, 15) is 14.4 Å². The zero-order chi connectivity index (χ0) is 21.0. The summed E-state index contributed by atoms with van der Waals surface area (Å²) in [7, 11) is 0. The van der Waals surface area contributed by atoms with E-state index in [0.717, 1.165) is 11.1 Å². The van der Waals surface area contributed by atoms with E-state index in [1.807, 2.05) is 32.0 Å². The first-order chi connectivity index (χ1) is 13.8. The number of anilines is 2. The second kappa shape index (κ2) is 8.77. The van der Waals surface area contributed by atoms with E-state index in [0.29, 0.717) is 17.1 Å². The van der Waals surface area contributed by atoms with Crippen LogP contribution in [0, 0.1) is 13.8 Å². The molecule has 2 aromatic rings. The summed E-state index contributed by atoms with van der Waals surface area (Å²) in [6, 6.07) is 12.4. The van der Waals surface area contributed by atoms with E-state index in [1.54, 1.807) is 31.2 Å². The first-order valence-corrected chi connectivity index (χ1v) is 9.42. The minimum absolute atomic E-state index is 0.157. The summed E-state index contributed by atoms with van der Waals surface area (Å²) in [6.07, 6.45) is 0.157. The lowest BCUT2D eigenvalue weighted by Gasteiger charge is -2.27. The molecule has 1 N–H and O–H groups in total. The molecule has 0 radical (unpaired) electrons. The second-order valence-corrected chi connectivity index (χ2v) is 7.10. The Morgan fingerprint density at radius 1 is 1.14 bits per heavy atom. The minimum atomic E-state index is -0.635. The van der Waals surface area contributed by atoms with Crippen molar-refractivity contribution in [1.29, 1.82) is 0 Å². The van der Waals surface area contributed by atoms with Gasteiger partial charge in [0.1, 0.15) is 5.75 Å². The highest BCUT2D eigenvalue weighted by Crippen LogP contribution is 2.31. The maximum absolute atomic E-state index is 12.8. The van der Waals surface area contributed by atoms with Crippen molar-refractivity contribution in [3.8, 4) is 5.75 Å². The van der Waals surface area contributed by atoms with E-state index in [4.69, 9.17) is 9.47 Å². The summed E-state index contributed by atoms with van der Waals surface area (Å²) in [4.78, 5) is 38.3. The van der Waals surface area contributed by atoms with Crippen LogP contribution in [0.25, 0.3) is 0 Å². The van der Waals surface area contributed by atoms with Crippen LogP contribution in [0.3, 0.4) is 0 Å². The first kappa shape index (κ1) is 20.4. The van der Waals surface area contributed by atoms with Crippen molar-refractivity contribution in [3.63, 3.8) is 0 Å². The molecule has 0 unspecified atom stereocenters. The molecule has 0 spiro atoms. The van der Waals surface area contributed by atoms with Crippen molar-refractivity contribution >= 4 is 29.2 Å². The molecular weight excluding hydrogens is 372 g/mol. The molecule has 1 heterocycles. The molecule has 7 heteroatoms. The molecule has 152 valence electrons. The molecule has 7 nitrogen and oxygen atoms in total. The lowest BCUT2D eigenvalue weighted by atomic mass is 10.1. The molecule has 1 aliphatic heterocycles. The maximum atomic E-state index is 12.8. The molecule has 0 saturated carbocycles. The first-order valence-electron chi connectivity index (χ1n) is 9.42. The molecule has 0 aliphatic carbocycles. The summed E-state index contributed by atoms with van der Waals surface area (Å²) in [5.74, 6) is -0.599. The molecule has 2 amide bonds. The number of nitrogens with zero attached hydrogens (tertiary/aromatic N) is 1. The summed E-state index contributed by atoms with van der Waals surface area (Å²) < 4.78 is 10.6. The van der Waals surface area contributed by atoms with Gasteiger partial charge in [-0.15, -0.1) is 0 Å². The molecule has 29 heavy (non-hydrogen) atoms. The van der Waals surface area contributed by atoms with Gasteiger partial charge in [0.15, 0.2) is 13.2 Å². The monoisotopic (exact) mass is 396 g/mol. The zero-order valence-electron chi connectivity index (χ0n) is 16.7. The van der Waals surface area contributed by atoms with Gasteiger partial charge in [-0.05, 0) is 50.1 Å². The number of fused-ring (bicyclic) bond motifs is 1. The Morgan fingerprint density at radius 3 is 2.69 bits per heavy atom. The number of amides is 2. The van der Waals surface area contributed by atoms with Gasteiger partial charge in [-0.1, -0.05) is 24.3 Å². The number of nitrogens with one attached hydrogen (secondary N) is 1. The van der Waals surface area contributed by atoms with Crippen molar-refractivity contribution in [1.82, 2.24) is 0 Å². The standard InChI is InChI=1S/C22H24N2O5/c1-14-8-9-15(2)19(10-14)28-13-22(27)29-12-21(26)24-16(3)11-20(25)23-17-6-4-5-7-18(17)24/h4-10,16H,11-13H2,1-3H3,(H,23,25)/t16-/m0/s1. The SMILES string of the molecule is Cc1ccc(C)c(OCC(=O)OCC(=O)N2c3ccccc3NC(=O)C[C@@H]2C)c1. The van der Waals surface area contributed by atoms with Gasteiger partial charge in [-0.3, -0.25) is 9.59 Å². The highest BCUT2D eigenvalue weighted by atomic mass is 16.6. The summed E-state index contributed by atoms with van der Waals surface area (Å²) in [5, 5.41) is 2.79. The van der Waals surface area contributed by atoms with Gasteiger partial charge in [0, 0.05) is 12.5 Å². The average Bonchev–Trinajstić information content (AvgIpc) is 2.81. The Morgan fingerprint density at radius 2 is 1.90 bits per heavy atom. The van der Waals surface area contributed by atoms with Crippen molar-refractivity contribution in [2.75, 3.05) is 23.4 Å². The Bertz CT molecular complexity index is 941. The highest BCUT2D eigenvalue weighted by molar-refractivity contribution is 6.05. The molecule has 1 atom stereocenters. The topological polar surface area (TPSA) is 84.9 Å². The number of benzene rings is 2. The van der Waals surface area contributed by atoms with E-state index in [1.165, 1.54) is 4.90 Å². The van der Waals surface area contributed by atoms with Crippen molar-refractivity contribution < 1.29 is 23.9 Å². The lowest BCUT2D eigenvalue weighted by molar-refractivity contribution is -0.150. The molecule has 0 saturated heterocycles. The maximum Gasteiger partial charge on any atom is 0.344 e. The van der Waals surface area contributed by atoms with Gasteiger partial charge in [0.25, 0.3) is 5.91 Å². The number of para-hydroxylation sites is 2. The van der Waals surface area contributed by atoms with E-state index in [2.05, 4.69) is 5.32 Å². The molecule has 1 aliphatic rings. The third-order valence-corrected chi connectivity index (χ3v) is 4.67. The highest BCUT2D eigenvalue weighted by Gasteiger charge is 2.30. The lowest BCUT2D eigenvalue weighted by Crippen LogP contribution is -2.41. The third kappa shape index (κ3) is 4.93. The van der Waals surface area contributed by atoms with Gasteiger partial charge in [-0.25, -0.2) is 4.79 Å². The number of aryl methyl sites for hydroxylation is 2. The quantitative estimate of drug-likeness (QED) is 0.786. The van der Waals surface area contributed by atoms with E-state index < -0.39 is 18.5 Å². The van der Waals surface area contributed by atoms with Crippen LogP contribution in [0.2, 0.25) is 0 Å². The summed E-state index contributed by atoms with van der Waals surface area (Å²) in [5.41, 5.74) is 3.07. The van der Waals surface area contributed by atoms with E-state index in [-0.39, 0.29) is 25.0 Å². The van der Waals surface area contributed by atoms with Crippen molar-refractivity contribution in [3.05, 3.63) is 53.6 Å². The molecular formula is C22H24N2O5. The van der Waals surface area contributed by atoms with Crippen LogP contribution >= 0.6 is 0 Å². The summed E-state index contributed by atoms with van der Waals surface area (Å²) in [6.45, 7) is 4.89. The van der Waals surface area contributed by atoms with Crippen LogP contribution in [-0.2, 0) is 19.1 Å². The third-order valence-electron chi connectivity index (χ3n) is 4.67. The van der Waals surface area contributed by atoms with Gasteiger partial charge in [0.2, 0.25) is 5.91 Å². The zero-order valence-corrected chi connectivity index (χ0v) is 16.7. The fraction of sp³-hybridized carbons (Fsp3) is 0.318. The Balaban J connectivity index is 1.61. The van der Waals surface area contributed by atoms with Gasteiger partial charge in [0.05, 0.1) is 11.4 Å². The Kier molecular flexibility index (Phi) is 6.16. The van der Waals surface area contributed by atoms with Crippen LogP contribution in [0.5, 0.6) is 5.75 Å². The van der Waals surface area contributed by atoms with Crippen LogP contribution in [0.4, 0.5) is 11.4 Å². The Labute approximate surface area is 169 Å². The number of esters is 1. The molecule has 2 aromatic carbocycles. The molecule has 0 fully saturated rings. The number of hydrogen-bond acceptors (Lipinski definition) is 5. The number of rotatable bonds is 5. The van der Waals surface area contributed by atoms with Crippen LogP contribution in [0.15, 0.2) is 42.5 Å². The smallest absolute Gasteiger partial charge is 0.344 e. The van der Waals surface area contributed by atoms with Crippen LogP contribution in [0.1, 0.15) is 24.5 Å². The average molecular weight is 396 g/mol. The fourth-order valence-corrected chi connectivity index (χ4v) is 3.22. The number of ether oxygens (including phenoxy) is 2. The van der Waals surface area contributed by atoms with Crippen molar-refractivity contribution in [2.24, 2.45) is 0 Å². The van der Waals surface area contributed by atoms with Gasteiger partial charge in [-0.2, -0.15) is 0 Å². The number of carbonyl (C=O) groups is 3. The largest absolute Gasteiger partial charge is 0.482 e. The number of carbonyl (C=O) groups excluding carboxylic acids is 3. The van der Waals surface area contributed by atoms with Crippen LogP contribution < -0.4 is 15.0 Å². The Hall–Kier alpha value is -3.35. The second-order valence-electron chi connectivity index (χ2n) is 7.10. The molecule has 3 rings (SSSR count). The van der Waals surface area contributed by atoms with Gasteiger partial charge >= 0.3 is 5.97 Å². The summed E-state index contributed by atoms with van der Waals surface area (Å²) >= 11 is 0.